The fourth-order valence-electron chi connectivity index (χ4n) is 4.25. The molecule has 0 aromatic carbocycles. The Balaban J connectivity index is 2.17. The minimum absolute atomic E-state index is 0.180. The lowest BCUT2D eigenvalue weighted by Crippen LogP contribution is -2.66. The van der Waals surface area contributed by atoms with Crippen molar-refractivity contribution in [2.24, 2.45) is 0 Å². The zero-order valence-corrected chi connectivity index (χ0v) is 15.2. The van der Waals surface area contributed by atoms with Crippen LogP contribution in [0.3, 0.4) is 0 Å². The second-order valence-corrected chi connectivity index (χ2v) is 25.1. The lowest BCUT2D eigenvalue weighted by Gasteiger charge is -2.52. The number of hydrogen-bond donors (Lipinski definition) is 0. The van der Waals surface area contributed by atoms with Crippen LogP contribution in [0.4, 0.5) is 0 Å². The van der Waals surface area contributed by atoms with Crippen molar-refractivity contribution < 1.29 is 4.43 Å². The standard InChI is InChI=1S/C13H28OSi3/c1-13(2)11-16(3,4)15-17(5,14-13)12-9-7-6-8-10-12/h12H,6-11H2,1-5H3. The summed E-state index contributed by atoms with van der Waals surface area (Å²) in [6.45, 7) is 12.5. The van der Waals surface area contributed by atoms with Crippen LogP contribution in [0.1, 0.15) is 46.0 Å². The molecule has 1 aliphatic carbocycles. The summed E-state index contributed by atoms with van der Waals surface area (Å²) in [5, 5.41) is 0. The average Bonchev–Trinajstić information content (AvgIpc) is 2.13. The molecule has 1 saturated heterocycles. The van der Waals surface area contributed by atoms with E-state index in [0.29, 0.717) is 0 Å². The SMILES string of the molecule is CC1(C)C[Si](C)(C)[Si][Si](C)(C2CCCCC2)O1. The van der Waals surface area contributed by atoms with Crippen molar-refractivity contribution in [3.8, 4) is 0 Å². The van der Waals surface area contributed by atoms with Crippen molar-refractivity contribution in [3.05, 3.63) is 0 Å². The third kappa shape index (κ3) is 3.33. The molecule has 1 nitrogen and oxygen atoms in total. The molecule has 1 unspecified atom stereocenters. The molecule has 17 heavy (non-hydrogen) atoms. The maximum atomic E-state index is 6.72. The van der Waals surface area contributed by atoms with Crippen LogP contribution in [0, 0.1) is 0 Å². The molecular formula is C13H28OSi3. The first-order valence-electron chi connectivity index (χ1n) is 7.22. The highest BCUT2D eigenvalue weighted by Gasteiger charge is 2.52. The van der Waals surface area contributed by atoms with Gasteiger partial charge in [0.05, 0.1) is 8.55 Å². The minimum Gasteiger partial charge on any atom is -0.416 e. The van der Waals surface area contributed by atoms with E-state index in [9.17, 15) is 0 Å². The van der Waals surface area contributed by atoms with Crippen LogP contribution >= 0.6 is 0 Å². The fourth-order valence-corrected chi connectivity index (χ4v) is 34.4. The summed E-state index contributed by atoms with van der Waals surface area (Å²) in [5.74, 6) is 0. The van der Waals surface area contributed by atoms with Crippen LogP contribution in [-0.4, -0.2) is 29.6 Å². The molecule has 0 aromatic heterocycles. The third-order valence-corrected chi connectivity index (χ3v) is 26.5. The summed E-state index contributed by atoms with van der Waals surface area (Å²) in [4.78, 5) is 0. The summed E-state index contributed by atoms with van der Waals surface area (Å²) in [7, 11) is -1.17. The smallest absolute Gasteiger partial charge is 0.172 e. The van der Waals surface area contributed by atoms with Crippen LogP contribution in [0.15, 0.2) is 0 Å². The normalized spacial score (nSPS) is 37.9. The first-order valence-corrected chi connectivity index (χ1v) is 15.9. The maximum Gasteiger partial charge on any atom is 0.172 e. The van der Waals surface area contributed by atoms with E-state index in [1.54, 1.807) is 0 Å². The van der Waals surface area contributed by atoms with Gasteiger partial charge in [-0.3, -0.25) is 0 Å². The Kier molecular flexibility index (Phi) is 3.81. The molecule has 98 valence electrons. The van der Waals surface area contributed by atoms with E-state index in [0.717, 1.165) is 5.54 Å². The van der Waals surface area contributed by atoms with Gasteiger partial charge in [-0.25, -0.2) is 0 Å². The molecule has 4 heteroatoms. The molecule has 0 bridgehead atoms. The van der Waals surface area contributed by atoms with Gasteiger partial charge in [-0.15, -0.1) is 0 Å². The van der Waals surface area contributed by atoms with Crippen LogP contribution in [0.5, 0.6) is 0 Å². The molecule has 1 atom stereocenters. The van der Waals surface area contributed by atoms with Gasteiger partial charge in [0.1, 0.15) is 0 Å². The van der Waals surface area contributed by atoms with Gasteiger partial charge >= 0.3 is 0 Å². The third-order valence-electron chi connectivity index (χ3n) is 4.33. The van der Waals surface area contributed by atoms with E-state index < -0.39 is 15.4 Å². The molecule has 1 aliphatic heterocycles. The van der Waals surface area contributed by atoms with Gasteiger partial charge in [-0.1, -0.05) is 45.2 Å². The first kappa shape index (κ1) is 14.0. The fraction of sp³-hybridized carbons (Fsp3) is 1.00. The van der Waals surface area contributed by atoms with Crippen molar-refractivity contribution in [3.63, 3.8) is 0 Å². The molecule has 1 saturated carbocycles. The Morgan fingerprint density at radius 2 is 1.65 bits per heavy atom. The Morgan fingerprint density at radius 3 is 2.18 bits per heavy atom. The minimum atomic E-state index is -1.42. The van der Waals surface area contributed by atoms with Gasteiger partial charge in [0, 0.05) is 13.2 Å². The van der Waals surface area contributed by atoms with E-state index in [1.165, 1.54) is 46.7 Å². The highest BCUT2D eigenvalue weighted by atomic mass is 29.6. The Labute approximate surface area is 111 Å². The summed E-state index contributed by atoms with van der Waals surface area (Å²) in [5.41, 5.74) is 1.15. The summed E-state index contributed by atoms with van der Waals surface area (Å²) in [6.07, 6.45) is 7.33. The van der Waals surface area contributed by atoms with Gasteiger partial charge in [0.15, 0.2) is 7.83 Å². The van der Waals surface area contributed by atoms with Gasteiger partial charge in [0.2, 0.25) is 0 Å². The lowest BCUT2D eigenvalue weighted by atomic mass is 10.0. The first-order chi connectivity index (χ1) is 7.73. The molecule has 2 radical (unpaired) electrons. The van der Waals surface area contributed by atoms with E-state index >= 15 is 0 Å². The molecule has 0 spiro atoms. The van der Waals surface area contributed by atoms with Crippen LogP contribution < -0.4 is 0 Å². The van der Waals surface area contributed by atoms with Crippen LogP contribution in [-0.2, 0) is 4.43 Å². The van der Waals surface area contributed by atoms with E-state index in [-0.39, 0.29) is 5.60 Å². The van der Waals surface area contributed by atoms with Gasteiger partial charge in [-0.2, -0.15) is 0 Å². The van der Waals surface area contributed by atoms with E-state index in [4.69, 9.17) is 4.43 Å². The Hall–Kier alpha value is 0.611. The monoisotopic (exact) mass is 284 g/mol. The molecule has 2 fully saturated rings. The number of rotatable bonds is 1. The summed E-state index contributed by atoms with van der Waals surface area (Å²) >= 11 is 0. The zero-order valence-electron chi connectivity index (χ0n) is 12.2. The van der Waals surface area contributed by atoms with E-state index in [2.05, 4.69) is 33.5 Å². The largest absolute Gasteiger partial charge is 0.416 e. The Morgan fingerprint density at radius 1 is 1.06 bits per heavy atom. The molecule has 2 aliphatic rings. The van der Waals surface area contributed by atoms with Crippen molar-refractivity contribution in [1.29, 1.82) is 0 Å². The van der Waals surface area contributed by atoms with Crippen LogP contribution in [0.2, 0.25) is 31.2 Å². The molecule has 0 amide bonds. The second kappa shape index (κ2) is 4.62. The molecule has 2 rings (SSSR count). The van der Waals surface area contributed by atoms with Gasteiger partial charge < -0.3 is 4.43 Å². The average molecular weight is 285 g/mol. The highest BCUT2D eigenvalue weighted by Crippen LogP contribution is 2.44. The lowest BCUT2D eigenvalue weighted by molar-refractivity contribution is 0.115. The predicted molar refractivity (Wildman–Crippen MR) is 81.7 cm³/mol. The number of hydrogen-bond acceptors (Lipinski definition) is 1. The van der Waals surface area contributed by atoms with Crippen molar-refractivity contribution >= 4 is 24.0 Å². The van der Waals surface area contributed by atoms with E-state index in [1.807, 2.05) is 0 Å². The highest BCUT2D eigenvalue weighted by molar-refractivity contribution is 7.52. The predicted octanol–water partition coefficient (Wildman–Crippen LogP) is 4.11. The van der Waals surface area contributed by atoms with Crippen LogP contribution in [0.25, 0.3) is 0 Å². The van der Waals surface area contributed by atoms with Gasteiger partial charge in [0.25, 0.3) is 0 Å². The molecule has 0 N–H and O–H groups in total. The quantitative estimate of drug-likeness (QED) is 0.658. The topological polar surface area (TPSA) is 9.23 Å². The summed E-state index contributed by atoms with van der Waals surface area (Å²) in [6, 6.07) is 1.37. The summed E-state index contributed by atoms with van der Waals surface area (Å²) < 4.78 is 6.72. The van der Waals surface area contributed by atoms with Crippen molar-refractivity contribution in [1.82, 2.24) is 0 Å². The molecular weight excluding hydrogens is 256 g/mol. The van der Waals surface area contributed by atoms with Gasteiger partial charge in [-0.05, 0) is 32.0 Å². The van der Waals surface area contributed by atoms with Crippen molar-refractivity contribution in [2.45, 2.75) is 82.8 Å². The Bertz CT molecular complexity index is 266. The zero-order chi connectivity index (χ0) is 12.7. The maximum absolute atomic E-state index is 6.72. The van der Waals surface area contributed by atoms with Crippen molar-refractivity contribution in [2.75, 3.05) is 0 Å². The molecule has 1 heterocycles. The molecule has 0 aromatic rings. The second-order valence-electron chi connectivity index (χ2n) is 7.49.